The minimum atomic E-state index is -0.615. The minimum Gasteiger partial charge on any atom is -0.497 e. The SMILES string of the molecule is COc1cc(OCC(N)=O)cc(C(=O)NC2CCN(C(=O)OC(C)(C)C)CC2)c1. The van der Waals surface area contributed by atoms with Crippen LogP contribution in [0.1, 0.15) is 44.0 Å². The second-order valence-electron chi connectivity index (χ2n) is 7.87. The van der Waals surface area contributed by atoms with Crippen molar-refractivity contribution in [2.45, 2.75) is 45.3 Å². The quantitative estimate of drug-likeness (QED) is 0.740. The molecule has 0 atom stereocenters. The third-order valence-corrected chi connectivity index (χ3v) is 4.24. The Hall–Kier alpha value is -2.97. The molecule has 9 heteroatoms. The first-order valence-electron chi connectivity index (χ1n) is 9.46. The van der Waals surface area contributed by atoms with Crippen LogP contribution in [-0.4, -0.2) is 61.3 Å². The molecular weight excluding hydrogens is 378 g/mol. The van der Waals surface area contributed by atoms with Crippen molar-refractivity contribution in [3.8, 4) is 11.5 Å². The first-order chi connectivity index (χ1) is 13.6. The van der Waals surface area contributed by atoms with Crippen molar-refractivity contribution < 1.29 is 28.6 Å². The fourth-order valence-electron chi connectivity index (χ4n) is 2.86. The summed E-state index contributed by atoms with van der Waals surface area (Å²) in [6, 6.07) is 4.61. The van der Waals surface area contributed by atoms with Crippen molar-refractivity contribution in [1.82, 2.24) is 10.2 Å². The predicted octanol–water partition coefficient (Wildman–Crippen LogP) is 1.69. The van der Waals surface area contributed by atoms with Gasteiger partial charge in [0.1, 0.15) is 17.1 Å². The zero-order valence-corrected chi connectivity index (χ0v) is 17.3. The summed E-state index contributed by atoms with van der Waals surface area (Å²) in [5.41, 5.74) is 4.89. The molecule has 0 bridgehead atoms. The second kappa shape index (κ2) is 9.49. The zero-order chi connectivity index (χ0) is 21.6. The Morgan fingerprint density at radius 2 is 1.76 bits per heavy atom. The average Bonchev–Trinajstić information content (AvgIpc) is 2.65. The standard InChI is InChI=1S/C20H29N3O6/c1-20(2,3)29-19(26)23-7-5-14(6-8-23)22-18(25)13-9-15(27-4)11-16(10-13)28-12-17(21)24/h9-11,14H,5-8,12H2,1-4H3,(H2,21,24)(H,22,25). The Bertz CT molecular complexity index is 751. The van der Waals surface area contributed by atoms with Gasteiger partial charge in [-0.25, -0.2) is 4.79 Å². The number of nitrogens with two attached hydrogens (primary N) is 1. The van der Waals surface area contributed by atoms with Crippen LogP contribution in [0.15, 0.2) is 18.2 Å². The maximum absolute atomic E-state index is 12.7. The topological polar surface area (TPSA) is 120 Å². The van der Waals surface area contributed by atoms with Gasteiger partial charge < -0.3 is 30.2 Å². The van der Waals surface area contributed by atoms with Gasteiger partial charge in [-0.3, -0.25) is 9.59 Å². The molecule has 0 aliphatic carbocycles. The molecule has 0 radical (unpaired) electrons. The molecule has 0 aromatic heterocycles. The molecule has 3 N–H and O–H groups in total. The van der Waals surface area contributed by atoms with Crippen LogP contribution in [0.2, 0.25) is 0 Å². The Balaban J connectivity index is 1.94. The maximum Gasteiger partial charge on any atom is 0.410 e. The maximum atomic E-state index is 12.7. The van der Waals surface area contributed by atoms with Crippen molar-refractivity contribution in [2.24, 2.45) is 5.73 Å². The minimum absolute atomic E-state index is 0.0672. The lowest BCUT2D eigenvalue weighted by molar-refractivity contribution is -0.119. The van der Waals surface area contributed by atoms with E-state index < -0.39 is 11.5 Å². The molecule has 1 saturated heterocycles. The summed E-state index contributed by atoms with van der Waals surface area (Å²) in [6.07, 6.45) is 0.909. The molecular formula is C20H29N3O6. The van der Waals surface area contributed by atoms with Gasteiger partial charge in [0.25, 0.3) is 11.8 Å². The Morgan fingerprint density at radius 1 is 1.14 bits per heavy atom. The fraction of sp³-hybridized carbons (Fsp3) is 0.550. The Kier molecular flexibility index (Phi) is 7.30. The molecule has 2 rings (SSSR count). The smallest absolute Gasteiger partial charge is 0.410 e. The van der Waals surface area contributed by atoms with E-state index in [-0.39, 0.29) is 24.6 Å². The van der Waals surface area contributed by atoms with E-state index in [1.807, 2.05) is 20.8 Å². The van der Waals surface area contributed by atoms with Gasteiger partial charge in [-0.15, -0.1) is 0 Å². The highest BCUT2D eigenvalue weighted by molar-refractivity contribution is 5.95. The molecule has 1 fully saturated rings. The summed E-state index contributed by atoms with van der Waals surface area (Å²) < 4.78 is 15.8. The second-order valence-corrected chi connectivity index (χ2v) is 7.87. The molecule has 3 amide bonds. The zero-order valence-electron chi connectivity index (χ0n) is 17.3. The summed E-state index contributed by atoms with van der Waals surface area (Å²) in [7, 11) is 1.47. The van der Waals surface area contributed by atoms with Gasteiger partial charge in [0.05, 0.1) is 7.11 Å². The number of primary amides is 1. The average molecular weight is 407 g/mol. The number of hydrogen-bond donors (Lipinski definition) is 2. The largest absolute Gasteiger partial charge is 0.497 e. The third-order valence-electron chi connectivity index (χ3n) is 4.24. The molecule has 29 heavy (non-hydrogen) atoms. The number of nitrogens with one attached hydrogen (secondary N) is 1. The van der Waals surface area contributed by atoms with E-state index >= 15 is 0 Å². The number of rotatable bonds is 6. The summed E-state index contributed by atoms with van der Waals surface area (Å²) in [5.74, 6) is -0.163. The number of ether oxygens (including phenoxy) is 3. The third kappa shape index (κ3) is 7.17. The van der Waals surface area contributed by atoms with Gasteiger partial charge in [-0.1, -0.05) is 0 Å². The molecule has 0 spiro atoms. The number of benzene rings is 1. The van der Waals surface area contributed by atoms with Crippen LogP contribution in [-0.2, 0) is 9.53 Å². The van der Waals surface area contributed by atoms with Crippen LogP contribution in [0, 0.1) is 0 Å². The number of carbonyl (C=O) groups excluding carboxylic acids is 3. The van der Waals surface area contributed by atoms with Gasteiger partial charge in [0.2, 0.25) is 0 Å². The monoisotopic (exact) mass is 407 g/mol. The van der Waals surface area contributed by atoms with Crippen LogP contribution in [0.5, 0.6) is 11.5 Å². The molecule has 1 aliphatic heterocycles. The van der Waals surface area contributed by atoms with E-state index in [0.717, 1.165) is 0 Å². The fourth-order valence-corrected chi connectivity index (χ4v) is 2.86. The number of likely N-dealkylation sites (tertiary alicyclic amines) is 1. The van der Waals surface area contributed by atoms with Crippen molar-refractivity contribution in [3.05, 3.63) is 23.8 Å². The van der Waals surface area contributed by atoms with Crippen molar-refractivity contribution >= 4 is 17.9 Å². The predicted molar refractivity (Wildman–Crippen MR) is 106 cm³/mol. The molecule has 0 saturated carbocycles. The first-order valence-corrected chi connectivity index (χ1v) is 9.46. The first kappa shape index (κ1) is 22.3. The van der Waals surface area contributed by atoms with E-state index in [1.165, 1.54) is 13.2 Å². The van der Waals surface area contributed by atoms with Gasteiger partial charge in [0, 0.05) is 30.8 Å². The normalized spacial score (nSPS) is 14.8. The van der Waals surface area contributed by atoms with Gasteiger partial charge in [-0.2, -0.15) is 0 Å². The van der Waals surface area contributed by atoms with E-state index in [2.05, 4.69) is 5.32 Å². The summed E-state index contributed by atoms with van der Waals surface area (Å²) in [5, 5.41) is 2.97. The van der Waals surface area contributed by atoms with E-state index in [1.54, 1.807) is 17.0 Å². The van der Waals surface area contributed by atoms with Gasteiger partial charge in [-0.05, 0) is 45.7 Å². The van der Waals surface area contributed by atoms with Crippen molar-refractivity contribution in [2.75, 3.05) is 26.8 Å². The van der Waals surface area contributed by atoms with Crippen LogP contribution in [0.4, 0.5) is 4.79 Å². The van der Waals surface area contributed by atoms with Crippen LogP contribution >= 0.6 is 0 Å². The Morgan fingerprint density at radius 3 is 2.31 bits per heavy atom. The molecule has 1 aromatic rings. The summed E-state index contributed by atoms with van der Waals surface area (Å²) >= 11 is 0. The summed E-state index contributed by atoms with van der Waals surface area (Å²) in [4.78, 5) is 37.4. The van der Waals surface area contributed by atoms with E-state index in [0.29, 0.717) is 43.0 Å². The molecule has 1 heterocycles. The molecule has 1 aromatic carbocycles. The highest BCUT2D eigenvalue weighted by Crippen LogP contribution is 2.23. The number of nitrogens with zero attached hydrogens (tertiary/aromatic N) is 1. The lowest BCUT2D eigenvalue weighted by Crippen LogP contribution is -2.47. The van der Waals surface area contributed by atoms with Gasteiger partial charge >= 0.3 is 6.09 Å². The molecule has 9 nitrogen and oxygen atoms in total. The number of carbonyl (C=O) groups is 3. The summed E-state index contributed by atoms with van der Waals surface area (Å²) in [6.45, 7) is 6.20. The van der Waals surface area contributed by atoms with Crippen LogP contribution < -0.4 is 20.5 Å². The highest BCUT2D eigenvalue weighted by atomic mass is 16.6. The number of hydrogen-bond acceptors (Lipinski definition) is 6. The lowest BCUT2D eigenvalue weighted by atomic mass is 10.0. The van der Waals surface area contributed by atoms with E-state index in [4.69, 9.17) is 19.9 Å². The number of amides is 3. The molecule has 1 aliphatic rings. The highest BCUT2D eigenvalue weighted by Gasteiger charge is 2.27. The van der Waals surface area contributed by atoms with Crippen molar-refractivity contribution in [3.63, 3.8) is 0 Å². The molecule has 0 unspecified atom stereocenters. The molecule has 160 valence electrons. The van der Waals surface area contributed by atoms with Crippen molar-refractivity contribution in [1.29, 1.82) is 0 Å². The number of piperidine rings is 1. The van der Waals surface area contributed by atoms with Gasteiger partial charge in [0.15, 0.2) is 6.61 Å². The van der Waals surface area contributed by atoms with Crippen LogP contribution in [0.25, 0.3) is 0 Å². The van der Waals surface area contributed by atoms with Crippen LogP contribution in [0.3, 0.4) is 0 Å². The number of methoxy groups -OCH3 is 1. The van der Waals surface area contributed by atoms with E-state index in [9.17, 15) is 14.4 Å². The Labute approximate surface area is 170 Å². The lowest BCUT2D eigenvalue weighted by Gasteiger charge is -2.33.